The second-order valence-corrected chi connectivity index (χ2v) is 5.69. The lowest BCUT2D eigenvalue weighted by atomic mass is 10.2. The first-order chi connectivity index (χ1) is 12.6. The second kappa shape index (κ2) is 6.64. The number of benzene rings is 1. The van der Waals surface area contributed by atoms with Gasteiger partial charge in [0.25, 0.3) is 0 Å². The summed E-state index contributed by atoms with van der Waals surface area (Å²) in [6.07, 6.45) is 3.87. The van der Waals surface area contributed by atoms with Gasteiger partial charge in [-0.1, -0.05) is 29.8 Å². The van der Waals surface area contributed by atoms with Crippen LogP contribution in [0, 0.1) is 11.6 Å². The van der Waals surface area contributed by atoms with Crippen molar-refractivity contribution < 1.29 is 13.2 Å². The summed E-state index contributed by atoms with van der Waals surface area (Å²) in [5.74, 6) is -0.650. The van der Waals surface area contributed by atoms with Crippen LogP contribution in [-0.2, 0) is 6.54 Å². The summed E-state index contributed by atoms with van der Waals surface area (Å²) in [6.45, 7) is 0.138. The molecule has 0 spiro atoms. The van der Waals surface area contributed by atoms with E-state index in [1.165, 1.54) is 23.2 Å². The van der Waals surface area contributed by atoms with Crippen LogP contribution in [0.25, 0.3) is 23.1 Å². The van der Waals surface area contributed by atoms with Gasteiger partial charge in [0.05, 0.1) is 18.9 Å². The maximum absolute atomic E-state index is 14.0. The molecule has 0 amide bonds. The van der Waals surface area contributed by atoms with Gasteiger partial charge in [-0.25, -0.2) is 23.7 Å². The summed E-state index contributed by atoms with van der Waals surface area (Å²) in [7, 11) is 0. The molecule has 0 bridgehead atoms. The van der Waals surface area contributed by atoms with E-state index in [9.17, 15) is 8.78 Å². The maximum Gasteiger partial charge on any atom is 0.244 e. The molecular weight excluding hydrogens is 364 g/mol. The van der Waals surface area contributed by atoms with E-state index in [4.69, 9.17) is 16.0 Å². The summed E-state index contributed by atoms with van der Waals surface area (Å²) in [4.78, 5) is 11.9. The average molecular weight is 374 g/mol. The molecule has 0 unspecified atom stereocenters. The third-order valence-corrected chi connectivity index (χ3v) is 3.90. The smallest absolute Gasteiger partial charge is 0.244 e. The molecule has 6 nitrogen and oxygen atoms in total. The Hall–Kier alpha value is -3.13. The van der Waals surface area contributed by atoms with Crippen LogP contribution in [0.1, 0.15) is 5.56 Å². The maximum atomic E-state index is 14.0. The highest BCUT2D eigenvalue weighted by Crippen LogP contribution is 2.25. The highest BCUT2D eigenvalue weighted by molar-refractivity contribution is 6.29. The van der Waals surface area contributed by atoms with E-state index in [0.29, 0.717) is 22.8 Å². The Morgan fingerprint density at radius 3 is 2.69 bits per heavy atom. The molecule has 0 fully saturated rings. The van der Waals surface area contributed by atoms with Crippen molar-refractivity contribution in [1.29, 1.82) is 0 Å². The predicted octanol–water partition coefficient (Wildman–Crippen LogP) is 3.98. The lowest BCUT2D eigenvalue weighted by molar-refractivity contribution is 0.553. The first-order valence-corrected chi connectivity index (χ1v) is 7.89. The minimum atomic E-state index is -0.728. The summed E-state index contributed by atoms with van der Waals surface area (Å²) >= 11 is 5.72. The molecule has 1 aromatic carbocycles. The molecule has 9 heteroatoms. The number of oxazole rings is 1. The highest BCUT2D eigenvalue weighted by atomic mass is 35.5. The molecule has 0 radical (unpaired) electrons. The molecule has 3 heterocycles. The molecule has 0 atom stereocenters. The van der Waals surface area contributed by atoms with Crippen LogP contribution < -0.4 is 0 Å². The zero-order chi connectivity index (χ0) is 18.1. The van der Waals surface area contributed by atoms with Crippen LogP contribution in [0.4, 0.5) is 8.78 Å². The fourth-order valence-electron chi connectivity index (χ4n) is 2.43. The first kappa shape index (κ1) is 16.3. The van der Waals surface area contributed by atoms with Crippen LogP contribution >= 0.6 is 11.6 Å². The summed E-state index contributed by atoms with van der Waals surface area (Å²) in [6, 6.07) is 7.98. The van der Waals surface area contributed by atoms with Crippen LogP contribution in [-0.4, -0.2) is 24.7 Å². The summed E-state index contributed by atoms with van der Waals surface area (Å²) < 4.78 is 34.2. The lowest BCUT2D eigenvalue weighted by Crippen LogP contribution is -2.06. The minimum Gasteiger partial charge on any atom is -0.443 e. The normalized spacial score (nSPS) is 11.0. The largest absolute Gasteiger partial charge is 0.443 e. The van der Waals surface area contributed by atoms with Crippen molar-refractivity contribution >= 4 is 11.6 Å². The van der Waals surface area contributed by atoms with Gasteiger partial charge < -0.3 is 4.42 Å². The van der Waals surface area contributed by atoms with Crippen molar-refractivity contribution in [2.24, 2.45) is 0 Å². The minimum absolute atomic E-state index is 0.136. The van der Waals surface area contributed by atoms with Gasteiger partial charge >= 0.3 is 0 Å². The number of hydrogen-bond acceptors (Lipinski definition) is 5. The van der Waals surface area contributed by atoms with Crippen molar-refractivity contribution in [1.82, 2.24) is 24.7 Å². The van der Waals surface area contributed by atoms with Crippen LogP contribution in [0.5, 0.6) is 0 Å². The Kier molecular flexibility index (Phi) is 4.18. The summed E-state index contributed by atoms with van der Waals surface area (Å²) in [5.41, 5.74) is 1.27. The van der Waals surface area contributed by atoms with Crippen LogP contribution in [0.3, 0.4) is 0 Å². The van der Waals surface area contributed by atoms with Crippen LogP contribution in [0.2, 0.25) is 5.15 Å². The topological polar surface area (TPSA) is 69.6 Å². The van der Waals surface area contributed by atoms with Gasteiger partial charge in [0.1, 0.15) is 23.5 Å². The van der Waals surface area contributed by atoms with Gasteiger partial charge in [-0.05, 0) is 6.07 Å². The van der Waals surface area contributed by atoms with Gasteiger partial charge in [0, 0.05) is 11.6 Å². The average Bonchev–Trinajstić information content (AvgIpc) is 3.29. The van der Waals surface area contributed by atoms with Crippen molar-refractivity contribution in [3.63, 3.8) is 0 Å². The molecule has 4 aromatic rings. The van der Waals surface area contributed by atoms with E-state index in [1.54, 1.807) is 24.3 Å². The molecule has 0 aliphatic rings. The number of aromatic nitrogens is 5. The Morgan fingerprint density at radius 2 is 1.96 bits per heavy atom. The Balaban J connectivity index is 1.80. The lowest BCUT2D eigenvalue weighted by Gasteiger charge is -2.06. The molecule has 0 aliphatic carbocycles. The highest BCUT2D eigenvalue weighted by Gasteiger charge is 2.18. The third kappa shape index (κ3) is 3.06. The Bertz CT molecular complexity index is 1060. The van der Waals surface area contributed by atoms with E-state index in [1.807, 2.05) is 0 Å². The van der Waals surface area contributed by atoms with Crippen molar-refractivity contribution in [3.05, 3.63) is 71.3 Å². The van der Waals surface area contributed by atoms with Crippen molar-refractivity contribution in [3.8, 4) is 23.1 Å². The molecular formula is C17H10ClF2N5O. The number of rotatable bonds is 4. The Morgan fingerprint density at radius 1 is 1.12 bits per heavy atom. The number of hydrogen-bond donors (Lipinski definition) is 0. The van der Waals surface area contributed by atoms with E-state index in [-0.39, 0.29) is 23.3 Å². The van der Waals surface area contributed by atoms with E-state index < -0.39 is 5.82 Å². The molecule has 0 saturated carbocycles. The molecule has 0 N–H and O–H groups in total. The molecule has 3 aromatic heterocycles. The Labute approximate surface area is 151 Å². The van der Waals surface area contributed by atoms with Crippen molar-refractivity contribution in [2.75, 3.05) is 0 Å². The first-order valence-electron chi connectivity index (χ1n) is 7.51. The van der Waals surface area contributed by atoms with E-state index in [0.717, 1.165) is 6.20 Å². The number of halogens is 3. The van der Waals surface area contributed by atoms with Crippen molar-refractivity contribution in [2.45, 2.75) is 6.54 Å². The predicted molar refractivity (Wildman–Crippen MR) is 89.2 cm³/mol. The zero-order valence-electron chi connectivity index (χ0n) is 13.1. The monoisotopic (exact) mass is 373 g/mol. The second-order valence-electron chi connectivity index (χ2n) is 5.33. The van der Waals surface area contributed by atoms with Gasteiger partial charge in [-0.15, -0.1) is 0 Å². The standard InChI is InChI=1S/C17H10ClF2N5O/c18-15-12(20)8-22-16(23-15)13-7-14(17-21-5-6-26-17)25(24-13)9-10-3-1-2-4-11(10)19/h1-8H,9H2. The van der Waals surface area contributed by atoms with Crippen LogP contribution in [0.15, 0.2) is 53.4 Å². The van der Waals surface area contributed by atoms with E-state index in [2.05, 4.69) is 20.1 Å². The molecule has 4 rings (SSSR count). The number of nitrogens with zero attached hydrogens (tertiary/aromatic N) is 5. The fraction of sp³-hybridized carbons (Fsp3) is 0.0588. The molecule has 0 aliphatic heterocycles. The van der Waals surface area contributed by atoms with Gasteiger partial charge in [-0.3, -0.25) is 4.68 Å². The van der Waals surface area contributed by atoms with Gasteiger partial charge in [0.2, 0.25) is 5.89 Å². The van der Waals surface area contributed by atoms with E-state index >= 15 is 0 Å². The summed E-state index contributed by atoms with van der Waals surface area (Å²) in [5, 5.41) is 4.08. The zero-order valence-corrected chi connectivity index (χ0v) is 13.9. The van der Waals surface area contributed by atoms with Gasteiger partial charge in [-0.2, -0.15) is 5.10 Å². The molecule has 130 valence electrons. The quantitative estimate of drug-likeness (QED) is 0.506. The molecule has 26 heavy (non-hydrogen) atoms. The molecule has 0 saturated heterocycles. The third-order valence-electron chi connectivity index (χ3n) is 3.64. The van der Waals surface area contributed by atoms with Gasteiger partial charge in [0.15, 0.2) is 16.8 Å². The SMILES string of the molecule is Fc1ccccc1Cn1nc(-c2ncc(F)c(Cl)n2)cc1-c1ncco1. The fourth-order valence-corrected chi connectivity index (χ4v) is 2.56.